The minimum absolute atomic E-state index is 0.320. The van der Waals surface area contributed by atoms with E-state index < -0.39 is 0 Å². The molecule has 100 valence electrons. The molecule has 1 N–H and O–H groups in total. The van der Waals surface area contributed by atoms with Gasteiger partial charge in [0.1, 0.15) is 0 Å². The highest BCUT2D eigenvalue weighted by atomic mass is 32.2. The summed E-state index contributed by atoms with van der Waals surface area (Å²) in [6, 6.07) is 8.51. The van der Waals surface area contributed by atoms with E-state index in [1.54, 1.807) is 7.11 Å². The van der Waals surface area contributed by atoms with Crippen molar-refractivity contribution in [3.8, 4) is 6.01 Å². The lowest BCUT2D eigenvalue weighted by Gasteiger charge is -2.06. The molecule has 0 atom stereocenters. The number of aryl methyl sites for hydroxylation is 1. The van der Waals surface area contributed by atoms with Crippen molar-refractivity contribution in [2.24, 2.45) is 0 Å². The number of hydrogen-bond donors (Lipinski definition) is 1. The van der Waals surface area contributed by atoms with Crippen LogP contribution in [0.15, 0.2) is 34.3 Å². The lowest BCUT2D eigenvalue weighted by molar-refractivity contribution is 0.373. The molecule has 1 aromatic carbocycles. The number of hydrogen-bond acceptors (Lipinski definition) is 6. The first kappa shape index (κ1) is 13.6. The van der Waals surface area contributed by atoms with E-state index in [0.29, 0.717) is 17.1 Å². The van der Waals surface area contributed by atoms with E-state index in [1.165, 1.54) is 17.3 Å². The van der Waals surface area contributed by atoms with Crippen molar-refractivity contribution in [2.45, 2.75) is 23.9 Å². The maximum atomic E-state index is 5.09. The molecule has 2 aromatic rings. The van der Waals surface area contributed by atoms with Crippen LogP contribution in [0.4, 0.5) is 5.95 Å². The number of aromatic nitrogens is 3. The molecular formula is C13H16N4OS. The summed E-state index contributed by atoms with van der Waals surface area (Å²) in [5.74, 6) is 0.532. The molecule has 0 bridgehead atoms. The van der Waals surface area contributed by atoms with Gasteiger partial charge in [0, 0.05) is 11.4 Å². The second-order valence-electron chi connectivity index (χ2n) is 3.88. The third-order valence-electron chi connectivity index (χ3n) is 2.31. The van der Waals surface area contributed by atoms with Gasteiger partial charge in [-0.05, 0) is 37.7 Å². The van der Waals surface area contributed by atoms with Crippen LogP contribution in [0.1, 0.15) is 12.5 Å². The van der Waals surface area contributed by atoms with Crippen LogP contribution in [0.25, 0.3) is 0 Å². The van der Waals surface area contributed by atoms with Crippen LogP contribution in [-0.4, -0.2) is 28.6 Å². The van der Waals surface area contributed by atoms with Gasteiger partial charge < -0.3 is 10.1 Å². The van der Waals surface area contributed by atoms with Crippen molar-refractivity contribution < 1.29 is 4.74 Å². The molecule has 2 rings (SSSR count). The number of nitrogens with one attached hydrogen (secondary N) is 1. The zero-order chi connectivity index (χ0) is 13.7. The number of ether oxygens (including phenoxy) is 1. The van der Waals surface area contributed by atoms with E-state index in [1.807, 2.05) is 19.1 Å². The van der Waals surface area contributed by atoms with Gasteiger partial charge in [0.25, 0.3) is 0 Å². The molecule has 0 aliphatic carbocycles. The first-order valence-corrected chi connectivity index (χ1v) is 6.81. The van der Waals surface area contributed by atoms with Crippen LogP contribution in [0.5, 0.6) is 6.01 Å². The molecule has 0 saturated carbocycles. The summed E-state index contributed by atoms with van der Waals surface area (Å²) in [4.78, 5) is 13.8. The number of methoxy groups -OCH3 is 1. The lowest BCUT2D eigenvalue weighted by atomic mass is 10.2. The van der Waals surface area contributed by atoms with Gasteiger partial charge in [-0.15, -0.1) is 0 Å². The van der Waals surface area contributed by atoms with Crippen molar-refractivity contribution >= 4 is 17.7 Å². The smallest absolute Gasteiger partial charge is 0.321 e. The van der Waals surface area contributed by atoms with Gasteiger partial charge >= 0.3 is 6.01 Å². The normalized spacial score (nSPS) is 10.3. The summed E-state index contributed by atoms with van der Waals surface area (Å²) in [5.41, 5.74) is 1.21. The Morgan fingerprint density at radius 1 is 1.26 bits per heavy atom. The predicted molar refractivity (Wildman–Crippen MR) is 75.8 cm³/mol. The summed E-state index contributed by atoms with van der Waals surface area (Å²) in [6.45, 7) is 4.80. The lowest BCUT2D eigenvalue weighted by Crippen LogP contribution is -2.05. The quantitative estimate of drug-likeness (QED) is 0.906. The van der Waals surface area contributed by atoms with E-state index in [4.69, 9.17) is 4.74 Å². The predicted octanol–water partition coefficient (Wildman–Crippen LogP) is 2.77. The van der Waals surface area contributed by atoms with Gasteiger partial charge in [-0.25, -0.2) is 0 Å². The summed E-state index contributed by atoms with van der Waals surface area (Å²) < 4.78 is 5.09. The van der Waals surface area contributed by atoms with E-state index in [9.17, 15) is 0 Å². The van der Waals surface area contributed by atoms with Gasteiger partial charge in [-0.1, -0.05) is 17.7 Å². The Balaban J connectivity index is 2.26. The second-order valence-corrected chi connectivity index (χ2v) is 4.92. The van der Waals surface area contributed by atoms with Crippen molar-refractivity contribution in [3.63, 3.8) is 0 Å². The Morgan fingerprint density at radius 3 is 2.79 bits per heavy atom. The van der Waals surface area contributed by atoms with Crippen LogP contribution in [0, 0.1) is 6.92 Å². The molecular weight excluding hydrogens is 260 g/mol. The molecule has 6 heteroatoms. The largest absolute Gasteiger partial charge is 0.467 e. The molecule has 0 fully saturated rings. The highest BCUT2D eigenvalue weighted by Crippen LogP contribution is 2.26. The van der Waals surface area contributed by atoms with Crippen LogP contribution in [0.3, 0.4) is 0 Å². The first-order valence-electron chi connectivity index (χ1n) is 5.99. The molecule has 0 unspecified atom stereocenters. The van der Waals surface area contributed by atoms with Crippen molar-refractivity contribution in [2.75, 3.05) is 19.0 Å². The highest BCUT2D eigenvalue weighted by Gasteiger charge is 2.08. The molecule has 1 heterocycles. The van der Waals surface area contributed by atoms with Crippen molar-refractivity contribution in [1.29, 1.82) is 0 Å². The molecule has 0 aliphatic rings. The fourth-order valence-electron chi connectivity index (χ4n) is 1.50. The third-order valence-corrected chi connectivity index (χ3v) is 3.17. The third kappa shape index (κ3) is 3.82. The summed E-state index contributed by atoms with van der Waals surface area (Å²) in [7, 11) is 1.55. The maximum Gasteiger partial charge on any atom is 0.321 e. The molecule has 0 saturated heterocycles. The Bertz CT molecular complexity index is 562. The average molecular weight is 276 g/mol. The molecule has 0 amide bonds. The van der Waals surface area contributed by atoms with E-state index in [-0.39, 0.29) is 0 Å². The monoisotopic (exact) mass is 276 g/mol. The molecule has 0 spiro atoms. The van der Waals surface area contributed by atoms with E-state index in [0.717, 1.165) is 11.4 Å². The molecule has 1 aromatic heterocycles. The van der Waals surface area contributed by atoms with Crippen LogP contribution < -0.4 is 10.1 Å². The zero-order valence-electron chi connectivity index (χ0n) is 11.2. The van der Waals surface area contributed by atoms with Gasteiger partial charge in [-0.3, -0.25) is 0 Å². The summed E-state index contributed by atoms with van der Waals surface area (Å²) in [5, 5.41) is 3.68. The minimum atomic E-state index is 0.320. The summed E-state index contributed by atoms with van der Waals surface area (Å²) >= 11 is 1.49. The SMILES string of the molecule is CCNc1nc(OC)nc(Sc2cccc(C)c2)n1. The topological polar surface area (TPSA) is 59.9 Å². The van der Waals surface area contributed by atoms with Crippen molar-refractivity contribution in [3.05, 3.63) is 29.8 Å². The van der Waals surface area contributed by atoms with Gasteiger partial charge in [-0.2, -0.15) is 15.0 Å². The Kier molecular flexibility index (Phi) is 4.57. The first-order chi connectivity index (χ1) is 9.21. The second kappa shape index (κ2) is 6.38. The van der Waals surface area contributed by atoms with Crippen LogP contribution in [-0.2, 0) is 0 Å². The Labute approximate surface area is 116 Å². The molecule has 0 aliphatic heterocycles. The number of rotatable bonds is 5. The highest BCUT2D eigenvalue weighted by molar-refractivity contribution is 7.99. The summed E-state index contributed by atoms with van der Waals surface area (Å²) in [6.07, 6.45) is 0. The fourth-order valence-corrected chi connectivity index (χ4v) is 2.35. The minimum Gasteiger partial charge on any atom is -0.467 e. The van der Waals surface area contributed by atoms with Gasteiger partial charge in [0.2, 0.25) is 11.1 Å². The van der Waals surface area contributed by atoms with Gasteiger partial charge in [0.05, 0.1) is 7.11 Å². The van der Waals surface area contributed by atoms with Gasteiger partial charge in [0.15, 0.2) is 0 Å². The number of nitrogens with zero attached hydrogens (tertiary/aromatic N) is 3. The molecule has 0 radical (unpaired) electrons. The zero-order valence-corrected chi connectivity index (χ0v) is 12.0. The van der Waals surface area contributed by atoms with Crippen LogP contribution >= 0.6 is 11.8 Å². The number of anilines is 1. The molecule has 5 nitrogen and oxygen atoms in total. The number of benzene rings is 1. The van der Waals surface area contributed by atoms with Crippen molar-refractivity contribution in [1.82, 2.24) is 15.0 Å². The standard InChI is InChI=1S/C13H16N4OS/c1-4-14-11-15-12(18-3)17-13(16-11)19-10-7-5-6-9(2)8-10/h5-8H,4H2,1-3H3,(H,14,15,16,17). The maximum absolute atomic E-state index is 5.09. The Morgan fingerprint density at radius 2 is 2.11 bits per heavy atom. The molecule has 19 heavy (non-hydrogen) atoms. The van der Waals surface area contributed by atoms with E-state index >= 15 is 0 Å². The Hall–Kier alpha value is -1.82. The van der Waals surface area contributed by atoms with Crippen LogP contribution in [0.2, 0.25) is 0 Å². The fraction of sp³-hybridized carbons (Fsp3) is 0.308. The average Bonchev–Trinajstić information content (AvgIpc) is 2.39. The van der Waals surface area contributed by atoms with E-state index in [2.05, 4.69) is 39.3 Å².